The van der Waals surface area contributed by atoms with Crippen molar-refractivity contribution in [3.05, 3.63) is 83.2 Å². The summed E-state index contributed by atoms with van der Waals surface area (Å²) in [5.41, 5.74) is 4.03. The molecule has 0 aliphatic rings. The predicted octanol–water partition coefficient (Wildman–Crippen LogP) is 3.56. The second kappa shape index (κ2) is 8.31. The second-order valence-corrected chi connectivity index (χ2v) is 6.96. The highest BCUT2D eigenvalue weighted by molar-refractivity contribution is 6.02. The number of nitrogens with zero attached hydrogens (tertiary/aromatic N) is 6. The molecule has 1 N–H and O–H groups in total. The van der Waals surface area contributed by atoms with E-state index in [0.29, 0.717) is 11.5 Å². The lowest BCUT2D eigenvalue weighted by Gasteiger charge is -2.07. The van der Waals surface area contributed by atoms with Crippen LogP contribution in [0.4, 0.5) is 10.1 Å². The molecule has 2 aromatic heterocycles. The number of para-hydroxylation sites is 1. The first-order chi connectivity index (χ1) is 14.9. The average Bonchev–Trinajstić information content (AvgIpc) is 3.31. The zero-order chi connectivity index (χ0) is 22.0. The minimum Gasteiger partial charge on any atom is -0.320 e. The molecule has 0 bridgehead atoms. The summed E-state index contributed by atoms with van der Waals surface area (Å²) in [4.78, 5) is 12.5. The molecule has 0 fully saturated rings. The molecule has 4 rings (SSSR count). The van der Waals surface area contributed by atoms with Crippen LogP contribution >= 0.6 is 0 Å². The fraction of sp³-hybridized carbons (Fsp3) is 0.136. The molecule has 0 radical (unpaired) electrons. The van der Waals surface area contributed by atoms with Crippen molar-refractivity contribution in [2.45, 2.75) is 20.8 Å². The molecule has 8 nitrogen and oxygen atoms in total. The van der Waals surface area contributed by atoms with Crippen LogP contribution in [0, 0.1) is 26.6 Å². The Morgan fingerprint density at radius 2 is 1.81 bits per heavy atom. The molecule has 0 saturated carbocycles. The van der Waals surface area contributed by atoms with Crippen molar-refractivity contribution < 1.29 is 9.18 Å². The van der Waals surface area contributed by atoms with Gasteiger partial charge in [-0.3, -0.25) is 4.79 Å². The number of carbonyl (C=O) groups excluding carboxylic acids is 1. The van der Waals surface area contributed by atoms with Gasteiger partial charge in [0.15, 0.2) is 5.82 Å². The lowest BCUT2D eigenvalue weighted by molar-refractivity contribution is -0.111. The molecular formula is C22H20FN7O. The van der Waals surface area contributed by atoms with Gasteiger partial charge in [0.25, 0.3) is 0 Å². The zero-order valence-electron chi connectivity index (χ0n) is 17.2. The van der Waals surface area contributed by atoms with Crippen LogP contribution in [0.1, 0.15) is 22.8 Å². The Hall–Kier alpha value is -4.14. The van der Waals surface area contributed by atoms with Crippen molar-refractivity contribution in [1.82, 2.24) is 30.0 Å². The summed E-state index contributed by atoms with van der Waals surface area (Å²) in [6.07, 6.45) is 3.04. The standard InChI is InChI=1S/C22H20FN7O/c1-14-19(15(2)29(26-14)17-7-5-4-6-8-17)10-12-22(31)24-21-13-18(9-11-20(21)23)30-16(3)25-27-28-30/h4-13H,1-3H3,(H,24,31)/b12-10+. The van der Waals surface area contributed by atoms with E-state index < -0.39 is 11.7 Å². The Bertz CT molecular complexity index is 1270. The summed E-state index contributed by atoms with van der Waals surface area (Å²) in [6.45, 7) is 5.54. The summed E-state index contributed by atoms with van der Waals surface area (Å²) >= 11 is 0. The van der Waals surface area contributed by atoms with Crippen LogP contribution in [-0.4, -0.2) is 35.9 Å². The first kappa shape index (κ1) is 20.1. The number of aromatic nitrogens is 6. The summed E-state index contributed by atoms with van der Waals surface area (Å²) in [5, 5.41) is 18.4. The fourth-order valence-electron chi connectivity index (χ4n) is 3.26. The van der Waals surface area contributed by atoms with Gasteiger partial charge in [-0.25, -0.2) is 9.07 Å². The number of halogens is 1. The minimum atomic E-state index is -0.555. The maximum atomic E-state index is 14.2. The smallest absolute Gasteiger partial charge is 0.248 e. The van der Waals surface area contributed by atoms with Gasteiger partial charge in [-0.15, -0.1) is 5.10 Å². The highest BCUT2D eigenvalue weighted by Crippen LogP contribution is 2.21. The summed E-state index contributed by atoms with van der Waals surface area (Å²) < 4.78 is 17.5. The van der Waals surface area contributed by atoms with Gasteiger partial charge >= 0.3 is 0 Å². The molecule has 0 aliphatic carbocycles. The van der Waals surface area contributed by atoms with Crippen molar-refractivity contribution in [3.8, 4) is 11.4 Å². The minimum absolute atomic E-state index is 0.0375. The monoisotopic (exact) mass is 417 g/mol. The Morgan fingerprint density at radius 3 is 2.52 bits per heavy atom. The number of nitrogens with one attached hydrogen (secondary N) is 1. The van der Waals surface area contributed by atoms with E-state index in [1.54, 1.807) is 13.0 Å². The molecule has 0 aliphatic heterocycles. The van der Waals surface area contributed by atoms with E-state index in [0.717, 1.165) is 22.6 Å². The summed E-state index contributed by atoms with van der Waals surface area (Å²) in [6, 6.07) is 14.0. The molecule has 31 heavy (non-hydrogen) atoms. The van der Waals surface area contributed by atoms with Crippen LogP contribution in [0.3, 0.4) is 0 Å². The number of hydrogen-bond acceptors (Lipinski definition) is 5. The van der Waals surface area contributed by atoms with E-state index in [-0.39, 0.29) is 5.69 Å². The summed E-state index contributed by atoms with van der Waals surface area (Å²) in [5.74, 6) is -0.471. The number of carbonyl (C=O) groups is 1. The molecule has 1 amide bonds. The predicted molar refractivity (Wildman–Crippen MR) is 115 cm³/mol. The number of aryl methyl sites for hydroxylation is 2. The molecule has 9 heteroatoms. The number of hydrogen-bond donors (Lipinski definition) is 1. The van der Waals surface area contributed by atoms with E-state index in [4.69, 9.17) is 0 Å². The molecule has 0 spiro atoms. The Balaban J connectivity index is 1.55. The van der Waals surface area contributed by atoms with Gasteiger partial charge in [0.05, 0.1) is 22.8 Å². The topological polar surface area (TPSA) is 90.5 Å². The normalized spacial score (nSPS) is 11.2. The van der Waals surface area contributed by atoms with Gasteiger partial charge < -0.3 is 5.32 Å². The Labute approximate surface area is 178 Å². The number of benzene rings is 2. The third-order valence-corrected chi connectivity index (χ3v) is 4.83. The van der Waals surface area contributed by atoms with Gasteiger partial charge in [-0.05, 0) is 67.6 Å². The largest absolute Gasteiger partial charge is 0.320 e. The molecule has 2 aromatic carbocycles. The molecule has 0 atom stereocenters. The Kier molecular flexibility index (Phi) is 5.40. The molecule has 2 heterocycles. The van der Waals surface area contributed by atoms with Gasteiger partial charge in [-0.2, -0.15) is 9.78 Å². The van der Waals surface area contributed by atoms with Crippen molar-refractivity contribution in [1.29, 1.82) is 0 Å². The first-order valence-corrected chi connectivity index (χ1v) is 9.59. The van der Waals surface area contributed by atoms with Gasteiger partial charge in [-0.1, -0.05) is 18.2 Å². The Morgan fingerprint density at radius 1 is 1.03 bits per heavy atom. The maximum absolute atomic E-state index is 14.2. The van der Waals surface area contributed by atoms with Crippen molar-refractivity contribution in [2.75, 3.05) is 5.32 Å². The van der Waals surface area contributed by atoms with Crippen LogP contribution in [0.2, 0.25) is 0 Å². The highest BCUT2D eigenvalue weighted by atomic mass is 19.1. The number of amides is 1. The zero-order valence-corrected chi connectivity index (χ0v) is 17.2. The first-order valence-electron chi connectivity index (χ1n) is 9.59. The van der Waals surface area contributed by atoms with Gasteiger partial charge in [0.2, 0.25) is 5.91 Å². The maximum Gasteiger partial charge on any atom is 0.248 e. The third-order valence-electron chi connectivity index (χ3n) is 4.83. The third kappa shape index (κ3) is 4.11. The quantitative estimate of drug-likeness (QED) is 0.502. The van der Waals surface area contributed by atoms with Crippen LogP contribution in [-0.2, 0) is 4.79 Å². The molecule has 4 aromatic rings. The SMILES string of the molecule is Cc1nn(-c2ccccc2)c(C)c1/C=C/C(=O)Nc1cc(-n2nnnc2C)ccc1F. The lowest BCUT2D eigenvalue weighted by Crippen LogP contribution is -2.10. The number of anilines is 1. The van der Waals surface area contributed by atoms with Crippen molar-refractivity contribution in [2.24, 2.45) is 0 Å². The van der Waals surface area contributed by atoms with E-state index in [9.17, 15) is 9.18 Å². The highest BCUT2D eigenvalue weighted by Gasteiger charge is 2.12. The van der Waals surface area contributed by atoms with Crippen LogP contribution in [0.25, 0.3) is 17.5 Å². The van der Waals surface area contributed by atoms with Crippen LogP contribution < -0.4 is 5.32 Å². The summed E-state index contributed by atoms with van der Waals surface area (Å²) in [7, 11) is 0. The lowest BCUT2D eigenvalue weighted by atomic mass is 10.2. The fourth-order valence-corrected chi connectivity index (χ4v) is 3.26. The molecule has 0 unspecified atom stereocenters. The average molecular weight is 417 g/mol. The van der Waals surface area contributed by atoms with Crippen LogP contribution in [0.5, 0.6) is 0 Å². The number of rotatable bonds is 5. The van der Waals surface area contributed by atoms with E-state index >= 15 is 0 Å². The second-order valence-electron chi connectivity index (χ2n) is 6.96. The molecule has 156 valence electrons. The van der Waals surface area contributed by atoms with E-state index in [1.165, 1.54) is 29.0 Å². The molecular weight excluding hydrogens is 397 g/mol. The van der Waals surface area contributed by atoms with Crippen molar-refractivity contribution >= 4 is 17.7 Å². The van der Waals surface area contributed by atoms with Crippen LogP contribution in [0.15, 0.2) is 54.6 Å². The van der Waals surface area contributed by atoms with E-state index in [1.807, 2.05) is 48.9 Å². The van der Waals surface area contributed by atoms with Gasteiger partial charge in [0.1, 0.15) is 5.82 Å². The van der Waals surface area contributed by atoms with Crippen molar-refractivity contribution in [3.63, 3.8) is 0 Å². The van der Waals surface area contributed by atoms with Gasteiger partial charge in [0, 0.05) is 17.3 Å². The number of tetrazole rings is 1. The molecule has 0 saturated heterocycles. The van der Waals surface area contributed by atoms with E-state index in [2.05, 4.69) is 25.9 Å².